The van der Waals surface area contributed by atoms with Gasteiger partial charge in [0.25, 0.3) is 0 Å². The summed E-state index contributed by atoms with van der Waals surface area (Å²) >= 11 is 0. The Morgan fingerprint density at radius 1 is 1.36 bits per heavy atom. The van der Waals surface area contributed by atoms with Crippen molar-refractivity contribution in [3.05, 3.63) is 29.3 Å². The van der Waals surface area contributed by atoms with Crippen molar-refractivity contribution >= 4 is 11.6 Å². The molecule has 2 aliphatic rings. The van der Waals surface area contributed by atoms with E-state index in [1.165, 1.54) is 24.0 Å². The van der Waals surface area contributed by atoms with E-state index in [1.807, 2.05) is 6.07 Å². The Labute approximate surface area is 83.3 Å². The number of anilines is 1. The number of nitrogens with one attached hydrogen (secondary N) is 1. The quantitative estimate of drug-likeness (QED) is 0.717. The van der Waals surface area contributed by atoms with Crippen molar-refractivity contribution in [1.29, 1.82) is 0 Å². The molecule has 1 fully saturated rings. The SMILES string of the molecule is CC1(c2ccc3c(c2)CC(=O)N3)CC1. The van der Waals surface area contributed by atoms with Crippen LogP contribution in [0.15, 0.2) is 18.2 Å². The number of benzene rings is 1. The second-order valence-corrected chi connectivity index (χ2v) is 4.66. The summed E-state index contributed by atoms with van der Waals surface area (Å²) in [7, 11) is 0. The Kier molecular flexibility index (Phi) is 1.37. The summed E-state index contributed by atoms with van der Waals surface area (Å²) in [6.07, 6.45) is 3.12. The Bertz CT molecular complexity index is 418. The van der Waals surface area contributed by atoms with E-state index in [-0.39, 0.29) is 5.91 Å². The standard InChI is InChI=1S/C12H13NO/c1-12(4-5-12)9-2-3-10-8(6-9)7-11(14)13-10/h2-3,6H,4-5,7H2,1H3,(H,13,14). The average Bonchev–Trinajstić information content (AvgIpc) is 2.79. The highest BCUT2D eigenvalue weighted by molar-refractivity contribution is 5.99. The molecule has 2 heteroatoms. The molecule has 2 nitrogen and oxygen atoms in total. The zero-order chi connectivity index (χ0) is 9.76. The molecule has 3 rings (SSSR count). The summed E-state index contributed by atoms with van der Waals surface area (Å²) in [5.74, 6) is 0.123. The molecule has 0 radical (unpaired) electrons. The van der Waals surface area contributed by atoms with Crippen LogP contribution in [0.2, 0.25) is 0 Å². The second-order valence-electron chi connectivity index (χ2n) is 4.66. The zero-order valence-corrected chi connectivity index (χ0v) is 8.26. The number of carbonyl (C=O) groups excluding carboxylic acids is 1. The van der Waals surface area contributed by atoms with Crippen molar-refractivity contribution < 1.29 is 4.79 Å². The molecule has 0 spiro atoms. The maximum atomic E-state index is 11.2. The van der Waals surface area contributed by atoms with Crippen LogP contribution in [0, 0.1) is 0 Å². The van der Waals surface area contributed by atoms with E-state index in [1.54, 1.807) is 0 Å². The lowest BCUT2D eigenvalue weighted by atomic mass is 9.96. The monoisotopic (exact) mass is 187 g/mol. The number of rotatable bonds is 1. The normalized spacial score (nSPS) is 21.6. The molecule has 0 atom stereocenters. The highest BCUT2D eigenvalue weighted by atomic mass is 16.1. The van der Waals surface area contributed by atoms with Gasteiger partial charge in [0.05, 0.1) is 6.42 Å². The van der Waals surface area contributed by atoms with Crippen LogP contribution in [0.1, 0.15) is 30.9 Å². The first-order valence-corrected chi connectivity index (χ1v) is 5.11. The number of hydrogen-bond acceptors (Lipinski definition) is 1. The molecular weight excluding hydrogens is 174 g/mol. The second kappa shape index (κ2) is 2.38. The van der Waals surface area contributed by atoms with Gasteiger partial charge in [-0.15, -0.1) is 0 Å². The lowest BCUT2D eigenvalue weighted by molar-refractivity contribution is -0.115. The van der Waals surface area contributed by atoms with Gasteiger partial charge < -0.3 is 5.32 Å². The molecule has 1 amide bonds. The molecule has 1 aromatic carbocycles. The Balaban J connectivity index is 2.04. The van der Waals surface area contributed by atoms with Crippen LogP contribution < -0.4 is 5.32 Å². The smallest absolute Gasteiger partial charge is 0.228 e. The minimum absolute atomic E-state index is 0.123. The summed E-state index contributed by atoms with van der Waals surface area (Å²) in [5.41, 5.74) is 3.97. The molecule has 1 N–H and O–H groups in total. The number of carbonyl (C=O) groups is 1. The summed E-state index contributed by atoms with van der Waals surface area (Å²) < 4.78 is 0. The van der Waals surface area contributed by atoms with Gasteiger partial charge >= 0.3 is 0 Å². The van der Waals surface area contributed by atoms with Crippen LogP contribution in [-0.2, 0) is 16.6 Å². The van der Waals surface area contributed by atoms with Crippen LogP contribution in [0.25, 0.3) is 0 Å². The third-order valence-electron chi connectivity index (χ3n) is 3.43. The van der Waals surface area contributed by atoms with Crippen molar-refractivity contribution in [2.45, 2.75) is 31.6 Å². The van der Waals surface area contributed by atoms with Gasteiger partial charge in [0.15, 0.2) is 0 Å². The molecule has 1 saturated carbocycles. The van der Waals surface area contributed by atoms with Gasteiger partial charge in [0.1, 0.15) is 0 Å². The predicted octanol–water partition coefficient (Wildman–Crippen LogP) is 2.23. The van der Waals surface area contributed by atoms with E-state index in [4.69, 9.17) is 0 Å². The van der Waals surface area contributed by atoms with Gasteiger partial charge in [0, 0.05) is 5.69 Å². The Morgan fingerprint density at radius 3 is 2.86 bits per heavy atom. The van der Waals surface area contributed by atoms with E-state index >= 15 is 0 Å². The molecule has 14 heavy (non-hydrogen) atoms. The van der Waals surface area contributed by atoms with Crippen molar-refractivity contribution in [1.82, 2.24) is 0 Å². The van der Waals surface area contributed by atoms with Crippen LogP contribution in [-0.4, -0.2) is 5.91 Å². The van der Waals surface area contributed by atoms with Gasteiger partial charge in [-0.3, -0.25) is 4.79 Å². The molecule has 1 heterocycles. The highest BCUT2D eigenvalue weighted by Crippen LogP contribution is 2.48. The molecule has 72 valence electrons. The van der Waals surface area contributed by atoms with E-state index in [0.717, 1.165) is 5.69 Å². The fraction of sp³-hybridized carbons (Fsp3) is 0.417. The number of amides is 1. The molecule has 1 aliphatic carbocycles. The first kappa shape index (κ1) is 8.04. The number of fused-ring (bicyclic) bond motifs is 1. The maximum Gasteiger partial charge on any atom is 0.228 e. The molecular formula is C12H13NO. The number of hydrogen-bond donors (Lipinski definition) is 1. The van der Waals surface area contributed by atoms with E-state index in [0.29, 0.717) is 11.8 Å². The first-order chi connectivity index (χ1) is 6.67. The van der Waals surface area contributed by atoms with Crippen molar-refractivity contribution in [2.75, 3.05) is 5.32 Å². The lowest BCUT2D eigenvalue weighted by Gasteiger charge is -2.09. The minimum Gasteiger partial charge on any atom is -0.326 e. The average molecular weight is 187 g/mol. The molecule has 0 bridgehead atoms. The third kappa shape index (κ3) is 1.07. The third-order valence-corrected chi connectivity index (χ3v) is 3.43. The van der Waals surface area contributed by atoms with Gasteiger partial charge in [-0.25, -0.2) is 0 Å². The summed E-state index contributed by atoms with van der Waals surface area (Å²) in [4.78, 5) is 11.2. The molecule has 1 aliphatic heterocycles. The van der Waals surface area contributed by atoms with Crippen molar-refractivity contribution in [2.24, 2.45) is 0 Å². The lowest BCUT2D eigenvalue weighted by Crippen LogP contribution is -2.03. The van der Waals surface area contributed by atoms with Gasteiger partial charge in [-0.05, 0) is 35.4 Å². The topological polar surface area (TPSA) is 29.1 Å². The molecule has 0 saturated heterocycles. The van der Waals surface area contributed by atoms with Crippen LogP contribution in [0.4, 0.5) is 5.69 Å². The van der Waals surface area contributed by atoms with Gasteiger partial charge in [-0.1, -0.05) is 19.1 Å². The van der Waals surface area contributed by atoms with E-state index in [2.05, 4.69) is 24.4 Å². The fourth-order valence-electron chi connectivity index (χ4n) is 2.08. The van der Waals surface area contributed by atoms with Gasteiger partial charge in [-0.2, -0.15) is 0 Å². The largest absolute Gasteiger partial charge is 0.326 e. The molecule has 0 unspecified atom stereocenters. The molecule has 0 aromatic heterocycles. The van der Waals surface area contributed by atoms with Crippen LogP contribution in [0.5, 0.6) is 0 Å². The summed E-state index contributed by atoms with van der Waals surface area (Å²) in [6, 6.07) is 6.39. The van der Waals surface area contributed by atoms with E-state index in [9.17, 15) is 4.79 Å². The minimum atomic E-state index is 0.123. The summed E-state index contributed by atoms with van der Waals surface area (Å²) in [6.45, 7) is 2.29. The van der Waals surface area contributed by atoms with Gasteiger partial charge in [0.2, 0.25) is 5.91 Å². The maximum absolute atomic E-state index is 11.2. The Morgan fingerprint density at radius 2 is 2.14 bits per heavy atom. The van der Waals surface area contributed by atoms with Crippen molar-refractivity contribution in [3.63, 3.8) is 0 Å². The van der Waals surface area contributed by atoms with Crippen LogP contribution >= 0.6 is 0 Å². The highest BCUT2D eigenvalue weighted by Gasteiger charge is 2.39. The van der Waals surface area contributed by atoms with Crippen LogP contribution in [0.3, 0.4) is 0 Å². The predicted molar refractivity (Wildman–Crippen MR) is 55.4 cm³/mol. The van der Waals surface area contributed by atoms with E-state index < -0.39 is 0 Å². The first-order valence-electron chi connectivity index (χ1n) is 5.11. The zero-order valence-electron chi connectivity index (χ0n) is 8.26. The fourth-order valence-corrected chi connectivity index (χ4v) is 2.08. The summed E-state index contributed by atoms with van der Waals surface area (Å²) in [5, 5.41) is 2.86. The van der Waals surface area contributed by atoms with Crippen molar-refractivity contribution in [3.8, 4) is 0 Å². The molecule has 1 aromatic rings. The Hall–Kier alpha value is -1.31.